The lowest BCUT2D eigenvalue weighted by atomic mass is 9.99. The van der Waals surface area contributed by atoms with E-state index in [1.54, 1.807) is 0 Å². The molecule has 2 aromatic carbocycles. The molecule has 1 aliphatic rings. The van der Waals surface area contributed by atoms with Crippen LogP contribution in [0, 0.1) is 18.3 Å². The van der Waals surface area contributed by atoms with Gasteiger partial charge in [0.1, 0.15) is 5.71 Å². The summed E-state index contributed by atoms with van der Waals surface area (Å²) in [7, 11) is 0. The highest BCUT2D eigenvalue weighted by Crippen LogP contribution is 2.29. The molecule has 0 saturated carbocycles. The summed E-state index contributed by atoms with van der Waals surface area (Å²) in [6, 6.07) is 18.6. The van der Waals surface area contributed by atoms with E-state index in [-0.39, 0.29) is 5.71 Å². The minimum atomic E-state index is -0.869. The monoisotopic (exact) mass is 316 g/mol. The largest absolute Gasteiger partial charge is 0.364 e. The molecule has 1 amide bonds. The van der Waals surface area contributed by atoms with E-state index in [0.717, 1.165) is 16.7 Å². The molecule has 3 rings (SSSR count). The van der Waals surface area contributed by atoms with Crippen molar-refractivity contribution in [1.29, 1.82) is 5.26 Å². The van der Waals surface area contributed by atoms with Gasteiger partial charge in [-0.1, -0.05) is 60.2 Å². The van der Waals surface area contributed by atoms with Crippen LogP contribution in [-0.4, -0.2) is 17.7 Å². The second kappa shape index (κ2) is 6.39. The van der Waals surface area contributed by atoms with Gasteiger partial charge >= 0.3 is 0 Å². The van der Waals surface area contributed by atoms with Crippen molar-refractivity contribution in [2.45, 2.75) is 13.0 Å². The molecule has 0 spiro atoms. The normalized spacial score (nSPS) is 16.8. The maximum Gasteiger partial charge on any atom is 0.266 e. The number of aryl methyl sites for hydroxylation is 1. The molecule has 24 heavy (non-hydrogen) atoms. The number of amides is 1. The molecule has 0 bridgehead atoms. The molecule has 0 fully saturated rings. The Morgan fingerprint density at radius 1 is 1.12 bits per heavy atom. The van der Waals surface area contributed by atoms with E-state index in [0.29, 0.717) is 11.4 Å². The second-order valence-corrected chi connectivity index (χ2v) is 5.52. The van der Waals surface area contributed by atoms with Gasteiger partial charge in [-0.15, -0.1) is 0 Å². The lowest BCUT2D eigenvalue weighted by molar-refractivity contribution is -0.112. The minimum Gasteiger partial charge on any atom is -0.364 e. The molecule has 1 aliphatic heterocycles. The molecule has 0 aromatic heterocycles. The third kappa shape index (κ3) is 2.90. The number of aliphatic imine (C=N–C) groups is 1. The van der Waals surface area contributed by atoms with E-state index in [9.17, 15) is 10.1 Å². The first kappa shape index (κ1) is 15.5. The van der Waals surface area contributed by atoms with Gasteiger partial charge in [0.15, 0.2) is 6.04 Å². The number of carbonyl (C=O) groups is 1. The maximum atomic E-state index is 11.7. The summed E-state index contributed by atoms with van der Waals surface area (Å²) in [5.41, 5.74) is 9.59. The van der Waals surface area contributed by atoms with Crippen LogP contribution in [0.3, 0.4) is 0 Å². The highest BCUT2D eigenvalue weighted by atomic mass is 16.1. The van der Waals surface area contributed by atoms with Crippen LogP contribution >= 0.6 is 0 Å². The zero-order valence-corrected chi connectivity index (χ0v) is 13.2. The maximum absolute atomic E-state index is 11.7. The zero-order valence-electron chi connectivity index (χ0n) is 13.2. The van der Waals surface area contributed by atoms with Gasteiger partial charge in [0, 0.05) is 5.56 Å². The molecule has 0 aliphatic carbocycles. The standard InChI is InChI=1S/C19H16N4O/c1-12-7-9-14(10-8-12)16-17(13-5-3-2-4-6-13)23-18(19(21)24)15(11-20)22-16/h2-10,15,22H,1H3,(H2,21,24). The fourth-order valence-electron chi connectivity index (χ4n) is 2.56. The number of benzene rings is 2. The molecule has 5 nitrogen and oxygen atoms in total. The van der Waals surface area contributed by atoms with Crippen molar-refractivity contribution >= 4 is 23.0 Å². The molecule has 1 unspecified atom stereocenters. The number of primary amides is 1. The van der Waals surface area contributed by atoms with Gasteiger partial charge in [-0.3, -0.25) is 4.79 Å². The Morgan fingerprint density at radius 3 is 2.38 bits per heavy atom. The van der Waals surface area contributed by atoms with Crippen molar-refractivity contribution in [3.05, 3.63) is 71.3 Å². The molecule has 1 atom stereocenters. The van der Waals surface area contributed by atoms with Crippen molar-refractivity contribution in [3.8, 4) is 6.07 Å². The molecule has 0 saturated heterocycles. The summed E-state index contributed by atoms with van der Waals surface area (Å²) < 4.78 is 0. The molecule has 118 valence electrons. The first-order valence-corrected chi connectivity index (χ1v) is 7.51. The number of nitrogens with zero attached hydrogens (tertiary/aromatic N) is 2. The summed E-state index contributed by atoms with van der Waals surface area (Å²) in [6.07, 6.45) is 0. The Hall–Kier alpha value is -3.39. The number of hydrogen-bond acceptors (Lipinski definition) is 4. The van der Waals surface area contributed by atoms with E-state index in [2.05, 4.69) is 10.3 Å². The quantitative estimate of drug-likeness (QED) is 0.909. The van der Waals surface area contributed by atoms with Gasteiger partial charge in [-0.2, -0.15) is 5.26 Å². The summed E-state index contributed by atoms with van der Waals surface area (Å²) in [5.74, 6) is -0.703. The van der Waals surface area contributed by atoms with E-state index < -0.39 is 11.9 Å². The summed E-state index contributed by atoms with van der Waals surface area (Å²) in [5, 5.41) is 12.5. The Morgan fingerprint density at radius 2 is 1.79 bits per heavy atom. The van der Waals surface area contributed by atoms with E-state index in [4.69, 9.17) is 5.73 Å². The van der Waals surface area contributed by atoms with Gasteiger partial charge in [0.25, 0.3) is 5.91 Å². The third-order valence-corrected chi connectivity index (χ3v) is 3.80. The van der Waals surface area contributed by atoms with Crippen LogP contribution in [0.1, 0.15) is 16.7 Å². The van der Waals surface area contributed by atoms with E-state index in [1.807, 2.05) is 67.6 Å². The van der Waals surface area contributed by atoms with Gasteiger partial charge in [0.2, 0.25) is 0 Å². The van der Waals surface area contributed by atoms with Crippen LogP contribution < -0.4 is 11.1 Å². The number of hydrogen-bond donors (Lipinski definition) is 2. The van der Waals surface area contributed by atoms with Crippen LogP contribution in [0.15, 0.2) is 59.6 Å². The number of carbonyl (C=O) groups excluding carboxylic acids is 1. The fraction of sp³-hybridized carbons (Fsp3) is 0.105. The molecular weight excluding hydrogens is 300 g/mol. The van der Waals surface area contributed by atoms with Gasteiger partial charge in [-0.25, -0.2) is 4.99 Å². The number of nitrogens with one attached hydrogen (secondary N) is 1. The van der Waals surface area contributed by atoms with Crippen LogP contribution in [0.25, 0.3) is 11.4 Å². The van der Waals surface area contributed by atoms with Crippen LogP contribution in [0.5, 0.6) is 0 Å². The highest BCUT2D eigenvalue weighted by Gasteiger charge is 2.28. The smallest absolute Gasteiger partial charge is 0.266 e. The Kier molecular flexibility index (Phi) is 4.13. The highest BCUT2D eigenvalue weighted by molar-refractivity contribution is 6.42. The van der Waals surface area contributed by atoms with Crippen LogP contribution in [0.2, 0.25) is 0 Å². The van der Waals surface area contributed by atoms with Crippen molar-refractivity contribution in [2.24, 2.45) is 10.7 Å². The average Bonchev–Trinajstić information content (AvgIpc) is 2.62. The lowest BCUT2D eigenvalue weighted by Gasteiger charge is -2.24. The number of nitriles is 1. The topological polar surface area (TPSA) is 91.3 Å². The van der Waals surface area contributed by atoms with E-state index in [1.165, 1.54) is 0 Å². The van der Waals surface area contributed by atoms with Gasteiger partial charge in [0.05, 0.1) is 17.5 Å². The molecule has 3 N–H and O–H groups in total. The zero-order chi connectivity index (χ0) is 17.1. The number of nitrogens with two attached hydrogens (primary N) is 1. The fourth-order valence-corrected chi connectivity index (χ4v) is 2.56. The van der Waals surface area contributed by atoms with Gasteiger partial charge < -0.3 is 11.1 Å². The molecule has 5 heteroatoms. The summed E-state index contributed by atoms with van der Waals surface area (Å²) in [4.78, 5) is 16.1. The Balaban J connectivity index is 2.22. The molecule has 2 aromatic rings. The van der Waals surface area contributed by atoms with Gasteiger partial charge in [-0.05, 0) is 12.5 Å². The summed E-state index contributed by atoms with van der Waals surface area (Å²) in [6.45, 7) is 2.01. The lowest BCUT2D eigenvalue weighted by Crippen LogP contribution is -2.44. The molecule has 0 radical (unpaired) electrons. The molecular formula is C19H16N4O. The average molecular weight is 316 g/mol. The first-order chi connectivity index (χ1) is 11.6. The molecule has 1 heterocycles. The first-order valence-electron chi connectivity index (χ1n) is 7.51. The van der Waals surface area contributed by atoms with Crippen molar-refractivity contribution in [1.82, 2.24) is 5.32 Å². The Bertz CT molecular complexity index is 874. The van der Waals surface area contributed by atoms with Crippen LogP contribution in [-0.2, 0) is 4.79 Å². The second-order valence-electron chi connectivity index (χ2n) is 5.52. The Labute approximate surface area is 140 Å². The van der Waals surface area contributed by atoms with Crippen molar-refractivity contribution in [2.75, 3.05) is 0 Å². The summed E-state index contributed by atoms with van der Waals surface area (Å²) >= 11 is 0. The van der Waals surface area contributed by atoms with E-state index >= 15 is 0 Å². The predicted molar refractivity (Wildman–Crippen MR) is 93.6 cm³/mol. The predicted octanol–water partition coefficient (Wildman–Crippen LogP) is 2.24. The number of rotatable bonds is 3. The van der Waals surface area contributed by atoms with Crippen molar-refractivity contribution < 1.29 is 4.79 Å². The van der Waals surface area contributed by atoms with Crippen molar-refractivity contribution in [3.63, 3.8) is 0 Å². The van der Waals surface area contributed by atoms with Crippen LogP contribution in [0.4, 0.5) is 0 Å². The SMILES string of the molecule is Cc1ccc(C2=C(c3ccccc3)N=C(C(N)=O)C(C#N)N2)cc1. The third-order valence-electron chi connectivity index (χ3n) is 3.80. The minimum absolute atomic E-state index is 0.0206.